The molecule has 0 aliphatic heterocycles. The van der Waals surface area contributed by atoms with Gasteiger partial charge in [-0.1, -0.05) is 31.2 Å². The fourth-order valence-electron chi connectivity index (χ4n) is 2.06. The Hall–Kier alpha value is -2.04. The predicted octanol–water partition coefficient (Wildman–Crippen LogP) is 2.26. The van der Waals surface area contributed by atoms with Crippen LogP contribution in [0.25, 0.3) is 0 Å². The molecule has 0 radical (unpaired) electrons. The molecule has 0 saturated heterocycles. The number of hydrogen-bond acceptors (Lipinski definition) is 2. The molecule has 1 aromatic rings. The lowest BCUT2D eigenvalue weighted by atomic mass is 10.0. The van der Waals surface area contributed by atoms with Gasteiger partial charge in [-0.15, -0.1) is 0 Å². The minimum absolute atomic E-state index is 0.00662. The highest BCUT2D eigenvalue weighted by Gasteiger charge is 2.09. The first kappa shape index (κ1) is 17.0. The van der Waals surface area contributed by atoms with Crippen molar-refractivity contribution in [2.45, 2.75) is 45.6 Å². The Morgan fingerprint density at radius 3 is 2.43 bits per heavy atom. The van der Waals surface area contributed by atoms with E-state index in [0.29, 0.717) is 13.0 Å². The number of carbonyl (C=O) groups is 2. The van der Waals surface area contributed by atoms with Crippen molar-refractivity contribution >= 4 is 11.9 Å². The first-order valence-corrected chi connectivity index (χ1v) is 7.44. The van der Waals surface area contributed by atoms with Crippen molar-refractivity contribution in [1.82, 2.24) is 10.6 Å². The van der Waals surface area contributed by atoms with E-state index < -0.39 is 6.03 Å². The van der Waals surface area contributed by atoms with E-state index in [9.17, 15) is 9.59 Å². The van der Waals surface area contributed by atoms with Crippen LogP contribution in [-0.2, 0) is 11.2 Å². The van der Waals surface area contributed by atoms with Gasteiger partial charge in [0.25, 0.3) is 0 Å². The number of carbonyl (C=O) groups excluding carboxylic acids is 2. The summed E-state index contributed by atoms with van der Waals surface area (Å²) in [6.45, 7) is 4.61. The molecule has 1 rings (SSSR count). The highest BCUT2D eigenvalue weighted by Crippen LogP contribution is 2.14. The van der Waals surface area contributed by atoms with Gasteiger partial charge in [0.05, 0.1) is 6.04 Å². The van der Waals surface area contributed by atoms with Crippen molar-refractivity contribution < 1.29 is 9.59 Å². The number of nitrogens with one attached hydrogen (secondary N) is 2. The van der Waals surface area contributed by atoms with Crippen LogP contribution in [0.1, 0.15) is 50.3 Å². The summed E-state index contributed by atoms with van der Waals surface area (Å²) >= 11 is 0. The van der Waals surface area contributed by atoms with Crippen LogP contribution in [0.15, 0.2) is 24.3 Å². The smallest absolute Gasteiger partial charge is 0.312 e. The van der Waals surface area contributed by atoms with Gasteiger partial charge in [0.2, 0.25) is 5.91 Å². The molecule has 0 aliphatic rings. The van der Waals surface area contributed by atoms with Crippen LogP contribution < -0.4 is 16.4 Å². The van der Waals surface area contributed by atoms with E-state index in [0.717, 1.165) is 24.8 Å². The first-order valence-electron chi connectivity index (χ1n) is 7.44. The van der Waals surface area contributed by atoms with E-state index in [1.165, 1.54) is 5.56 Å². The van der Waals surface area contributed by atoms with Crippen LogP contribution in [0.5, 0.6) is 0 Å². The standard InChI is InChI=1S/C16H25N3O2/c1-3-13-7-9-14(10-8-13)12(2)19-15(20)6-4-5-11-18-16(17)21/h7-10,12H,3-6,11H2,1-2H3,(H,19,20)(H3,17,18,21). The predicted molar refractivity (Wildman–Crippen MR) is 83.8 cm³/mol. The third-order valence-corrected chi connectivity index (χ3v) is 3.40. The van der Waals surface area contributed by atoms with Crippen molar-refractivity contribution in [3.8, 4) is 0 Å². The second kappa shape index (κ2) is 9.00. The minimum Gasteiger partial charge on any atom is -0.352 e. The SMILES string of the molecule is CCc1ccc(C(C)NC(=O)CCCCNC(N)=O)cc1. The molecule has 0 bridgehead atoms. The van der Waals surface area contributed by atoms with E-state index in [1.54, 1.807) is 0 Å². The number of benzene rings is 1. The molecule has 0 saturated carbocycles. The van der Waals surface area contributed by atoms with E-state index in [4.69, 9.17) is 5.73 Å². The minimum atomic E-state index is -0.524. The summed E-state index contributed by atoms with van der Waals surface area (Å²) in [5.41, 5.74) is 7.35. The van der Waals surface area contributed by atoms with Gasteiger partial charge in [-0.3, -0.25) is 4.79 Å². The van der Waals surface area contributed by atoms with E-state index in [2.05, 4.69) is 41.8 Å². The van der Waals surface area contributed by atoms with Crippen LogP contribution in [0.2, 0.25) is 0 Å². The molecule has 0 spiro atoms. The molecule has 0 heterocycles. The second-order valence-corrected chi connectivity index (χ2v) is 5.13. The highest BCUT2D eigenvalue weighted by atomic mass is 16.2. The molecule has 0 aromatic heterocycles. The number of unbranched alkanes of at least 4 members (excludes halogenated alkanes) is 1. The summed E-state index contributed by atoms with van der Waals surface area (Å²) in [6.07, 6.45) is 2.95. The van der Waals surface area contributed by atoms with Gasteiger partial charge in [-0.05, 0) is 37.3 Å². The van der Waals surface area contributed by atoms with E-state index >= 15 is 0 Å². The topological polar surface area (TPSA) is 84.2 Å². The van der Waals surface area contributed by atoms with Crippen LogP contribution in [-0.4, -0.2) is 18.5 Å². The molecule has 1 atom stereocenters. The van der Waals surface area contributed by atoms with Crippen LogP contribution in [0.4, 0.5) is 4.79 Å². The van der Waals surface area contributed by atoms with Crippen LogP contribution in [0.3, 0.4) is 0 Å². The van der Waals surface area contributed by atoms with Crippen molar-refractivity contribution in [2.75, 3.05) is 6.54 Å². The lowest BCUT2D eigenvalue weighted by Crippen LogP contribution is -2.30. The van der Waals surface area contributed by atoms with Gasteiger partial charge in [0, 0.05) is 13.0 Å². The Morgan fingerprint density at radius 1 is 1.19 bits per heavy atom. The average Bonchev–Trinajstić information content (AvgIpc) is 2.46. The molecule has 116 valence electrons. The maximum atomic E-state index is 11.8. The molecular weight excluding hydrogens is 266 g/mol. The van der Waals surface area contributed by atoms with Gasteiger partial charge >= 0.3 is 6.03 Å². The van der Waals surface area contributed by atoms with Gasteiger partial charge < -0.3 is 16.4 Å². The monoisotopic (exact) mass is 291 g/mol. The Kier molecular flexibility index (Phi) is 7.29. The van der Waals surface area contributed by atoms with Gasteiger partial charge in [0.15, 0.2) is 0 Å². The molecule has 21 heavy (non-hydrogen) atoms. The number of nitrogens with two attached hydrogens (primary N) is 1. The highest BCUT2D eigenvalue weighted by molar-refractivity contribution is 5.76. The van der Waals surface area contributed by atoms with Crippen LogP contribution >= 0.6 is 0 Å². The number of amides is 3. The summed E-state index contributed by atoms with van der Waals surface area (Å²) < 4.78 is 0. The molecule has 1 aromatic carbocycles. The normalized spacial score (nSPS) is 11.7. The molecule has 0 fully saturated rings. The largest absolute Gasteiger partial charge is 0.352 e. The summed E-state index contributed by atoms with van der Waals surface area (Å²) in [6, 6.07) is 7.78. The molecule has 1 unspecified atom stereocenters. The number of hydrogen-bond donors (Lipinski definition) is 3. The lowest BCUT2D eigenvalue weighted by molar-refractivity contribution is -0.121. The summed E-state index contributed by atoms with van der Waals surface area (Å²) in [4.78, 5) is 22.3. The fourth-order valence-corrected chi connectivity index (χ4v) is 2.06. The average molecular weight is 291 g/mol. The van der Waals surface area contributed by atoms with Gasteiger partial charge in [0.1, 0.15) is 0 Å². The maximum absolute atomic E-state index is 11.8. The number of urea groups is 1. The third-order valence-electron chi connectivity index (χ3n) is 3.40. The Bertz CT molecular complexity index is 457. The van der Waals surface area contributed by atoms with Crippen molar-refractivity contribution in [3.63, 3.8) is 0 Å². The zero-order valence-corrected chi connectivity index (χ0v) is 12.8. The first-order chi connectivity index (χ1) is 10.0. The van der Waals surface area contributed by atoms with Crippen LogP contribution in [0, 0.1) is 0 Å². The molecule has 4 N–H and O–H groups in total. The van der Waals surface area contributed by atoms with Crippen molar-refractivity contribution in [3.05, 3.63) is 35.4 Å². The Labute approximate surface area is 126 Å². The van der Waals surface area contributed by atoms with Gasteiger partial charge in [-0.2, -0.15) is 0 Å². The zero-order valence-electron chi connectivity index (χ0n) is 12.8. The Balaban J connectivity index is 2.28. The van der Waals surface area contributed by atoms with E-state index in [1.807, 2.05) is 6.92 Å². The molecule has 5 heteroatoms. The number of primary amides is 1. The fraction of sp³-hybridized carbons (Fsp3) is 0.500. The second-order valence-electron chi connectivity index (χ2n) is 5.13. The zero-order chi connectivity index (χ0) is 15.7. The maximum Gasteiger partial charge on any atom is 0.312 e. The number of rotatable bonds is 8. The number of aryl methyl sites for hydroxylation is 1. The summed E-state index contributed by atoms with van der Waals surface area (Å²) in [7, 11) is 0. The third kappa shape index (κ3) is 6.79. The van der Waals surface area contributed by atoms with Crippen molar-refractivity contribution in [2.24, 2.45) is 5.73 Å². The lowest BCUT2D eigenvalue weighted by Gasteiger charge is -2.14. The quantitative estimate of drug-likeness (QED) is 0.642. The Morgan fingerprint density at radius 2 is 1.86 bits per heavy atom. The summed E-state index contributed by atoms with van der Waals surface area (Å²) in [5.74, 6) is 0.0288. The van der Waals surface area contributed by atoms with E-state index in [-0.39, 0.29) is 11.9 Å². The molecule has 5 nitrogen and oxygen atoms in total. The molecular formula is C16H25N3O2. The van der Waals surface area contributed by atoms with Crippen molar-refractivity contribution in [1.29, 1.82) is 0 Å². The van der Waals surface area contributed by atoms with Gasteiger partial charge in [-0.25, -0.2) is 4.79 Å². The summed E-state index contributed by atoms with van der Waals surface area (Å²) in [5, 5.41) is 5.49. The molecule has 3 amide bonds. The molecule has 0 aliphatic carbocycles.